The largest absolute Gasteiger partial charge is 0.269 e. The van der Waals surface area contributed by atoms with E-state index in [0.29, 0.717) is 0 Å². The minimum Gasteiger partial charge on any atom is -0.269 e. The van der Waals surface area contributed by atoms with Gasteiger partial charge in [0.1, 0.15) is 0 Å². The van der Waals surface area contributed by atoms with Crippen molar-refractivity contribution in [3.8, 4) is 0 Å². The molecule has 4 heteroatoms. The van der Waals surface area contributed by atoms with Crippen LogP contribution in [0.3, 0.4) is 0 Å². The average molecular weight is 207 g/mol. The molecule has 0 aliphatic carbocycles. The molecule has 0 aromatic carbocycles. The first-order valence-corrected chi connectivity index (χ1v) is 5.22. The molecule has 2 amide bonds. The summed E-state index contributed by atoms with van der Waals surface area (Å²) in [5.74, 6) is -0.456. The van der Waals surface area contributed by atoms with Gasteiger partial charge in [0.25, 0.3) is 11.8 Å². The van der Waals surface area contributed by atoms with Crippen molar-refractivity contribution in [3.05, 3.63) is 34.5 Å². The average Bonchev–Trinajstić information content (AvgIpc) is 2.75. The number of thiophene rings is 1. The van der Waals surface area contributed by atoms with Crippen LogP contribution in [0, 0.1) is 0 Å². The maximum absolute atomic E-state index is 11.3. The van der Waals surface area contributed by atoms with Crippen LogP contribution >= 0.6 is 11.3 Å². The van der Waals surface area contributed by atoms with Crippen LogP contribution in [-0.2, 0) is 9.59 Å². The van der Waals surface area contributed by atoms with Crippen LogP contribution in [0.25, 0.3) is 0 Å². The molecular weight excluding hydrogens is 198 g/mol. The molecule has 1 unspecified atom stereocenters. The predicted octanol–water partition coefficient (Wildman–Crippen LogP) is 1.73. The summed E-state index contributed by atoms with van der Waals surface area (Å²) in [6, 6.07) is 1.75. The molecular formula is C10H9NO2S. The minimum atomic E-state index is -0.228. The van der Waals surface area contributed by atoms with Gasteiger partial charge in [-0.05, 0) is 29.3 Å². The molecule has 2 heterocycles. The summed E-state index contributed by atoms with van der Waals surface area (Å²) in [6.07, 6.45) is 2.62. The summed E-state index contributed by atoms with van der Waals surface area (Å²) < 4.78 is 0. The van der Waals surface area contributed by atoms with Gasteiger partial charge < -0.3 is 0 Å². The van der Waals surface area contributed by atoms with E-state index in [0.717, 1.165) is 5.56 Å². The summed E-state index contributed by atoms with van der Waals surface area (Å²) in [5.41, 5.74) is 1.00. The highest BCUT2D eigenvalue weighted by molar-refractivity contribution is 7.07. The first-order valence-electron chi connectivity index (χ1n) is 4.27. The van der Waals surface area contributed by atoms with E-state index in [1.54, 1.807) is 11.3 Å². The molecule has 14 heavy (non-hydrogen) atoms. The van der Waals surface area contributed by atoms with Crippen molar-refractivity contribution in [1.82, 2.24) is 4.90 Å². The van der Waals surface area contributed by atoms with Gasteiger partial charge in [-0.15, -0.1) is 0 Å². The van der Waals surface area contributed by atoms with E-state index in [4.69, 9.17) is 0 Å². The highest BCUT2D eigenvalue weighted by Crippen LogP contribution is 2.24. The Kier molecular flexibility index (Phi) is 2.21. The number of imide groups is 1. The highest BCUT2D eigenvalue weighted by atomic mass is 32.1. The molecule has 0 saturated heterocycles. The molecule has 1 aromatic rings. The molecule has 0 fully saturated rings. The fourth-order valence-electron chi connectivity index (χ4n) is 1.46. The smallest absolute Gasteiger partial charge is 0.254 e. The minimum absolute atomic E-state index is 0.170. The Bertz CT molecular complexity index is 376. The van der Waals surface area contributed by atoms with Crippen LogP contribution in [0.4, 0.5) is 0 Å². The van der Waals surface area contributed by atoms with Crippen molar-refractivity contribution in [2.75, 3.05) is 0 Å². The monoisotopic (exact) mass is 207 g/mol. The van der Waals surface area contributed by atoms with Gasteiger partial charge in [0, 0.05) is 12.2 Å². The van der Waals surface area contributed by atoms with E-state index in [2.05, 4.69) is 0 Å². The van der Waals surface area contributed by atoms with Crippen LogP contribution in [0.1, 0.15) is 18.5 Å². The third-order valence-corrected chi connectivity index (χ3v) is 2.96. The number of nitrogens with zero attached hydrogens (tertiary/aromatic N) is 1. The quantitative estimate of drug-likeness (QED) is 0.693. The van der Waals surface area contributed by atoms with Gasteiger partial charge >= 0.3 is 0 Å². The number of rotatable bonds is 2. The van der Waals surface area contributed by atoms with E-state index in [-0.39, 0.29) is 17.9 Å². The van der Waals surface area contributed by atoms with Gasteiger partial charge in [0.2, 0.25) is 0 Å². The number of carbonyl (C=O) groups is 2. The lowest BCUT2D eigenvalue weighted by molar-refractivity contribution is -0.139. The van der Waals surface area contributed by atoms with Crippen LogP contribution in [-0.4, -0.2) is 16.7 Å². The van der Waals surface area contributed by atoms with Crippen molar-refractivity contribution in [2.24, 2.45) is 0 Å². The van der Waals surface area contributed by atoms with E-state index in [1.165, 1.54) is 17.1 Å². The molecule has 1 atom stereocenters. The Morgan fingerprint density at radius 1 is 1.29 bits per heavy atom. The van der Waals surface area contributed by atoms with E-state index < -0.39 is 0 Å². The maximum Gasteiger partial charge on any atom is 0.254 e. The summed E-state index contributed by atoms with van der Waals surface area (Å²) >= 11 is 1.56. The molecule has 0 radical (unpaired) electrons. The summed E-state index contributed by atoms with van der Waals surface area (Å²) in [7, 11) is 0. The van der Waals surface area contributed by atoms with Crippen molar-refractivity contribution < 1.29 is 9.59 Å². The number of carbonyl (C=O) groups excluding carboxylic acids is 2. The Morgan fingerprint density at radius 3 is 2.43 bits per heavy atom. The summed E-state index contributed by atoms with van der Waals surface area (Å²) in [4.78, 5) is 24.0. The van der Waals surface area contributed by atoms with Gasteiger partial charge in [-0.2, -0.15) is 11.3 Å². The fraction of sp³-hybridized carbons (Fsp3) is 0.200. The van der Waals surface area contributed by atoms with Crippen molar-refractivity contribution in [3.63, 3.8) is 0 Å². The van der Waals surface area contributed by atoms with Crippen LogP contribution in [0.15, 0.2) is 29.0 Å². The lowest BCUT2D eigenvalue weighted by atomic mass is 10.1. The molecule has 0 bridgehead atoms. The van der Waals surface area contributed by atoms with E-state index in [1.807, 2.05) is 23.8 Å². The molecule has 0 saturated carbocycles. The fourth-order valence-corrected chi connectivity index (χ4v) is 2.20. The van der Waals surface area contributed by atoms with Gasteiger partial charge in [-0.1, -0.05) is 0 Å². The second-order valence-electron chi connectivity index (χ2n) is 3.11. The normalized spacial score (nSPS) is 17.9. The molecule has 72 valence electrons. The number of hydrogen-bond acceptors (Lipinski definition) is 3. The zero-order valence-electron chi connectivity index (χ0n) is 7.64. The van der Waals surface area contributed by atoms with Crippen LogP contribution in [0.2, 0.25) is 0 Å². The molecule has 3 nitrogen and oxygen atoms in total. The first-order chi connectivity index (χ1) is 6.70. The van der Waals surface area contributed by atoms with E-state index >= 15 is 0 Å². The SMILES string of the molecule is CC(c1ccsc1)N1C(=O)C=CC1=O. The van der Waals surface area contributed by atoms with Crippen molar-refractivity contribution >= 4 is 23.2 Å². The number of amides is 2. The molecule has 0 spiro atoms. The van der Waals surface area contributed by atoms with Crippen molar-refractivity contribution in [2.45, 2.75) is 13.0 Å². The van der Waals surface area contributed by atoms with Crippen LogP contribution in [0.5, 0.6) is 0 Å². The molecule has 0 N–H and O–H groups in total. The molecule has 1 aromatic heterocycles. The second-order valence-corrected chi connectivity index (χ2v) is 3.89. The van der Waals surface area contributed by atoms with Gasteiger partial charge in [0.05, 0.1) is 6.04 Å². The third-order valence-electron chi connectivity index (χ3n) is 2.26. The second kappa shape index (κ2) is 3.38. The Balaban J connectivity index is 2.24. The lowest BCUT2D eigenvalue weighted by Crippen LogP contribution is -2.32. The highest BCUT2D eigenvalue weighted by Gasteiger charge is 2.29. The molecule has 1 aliphatic rings. The first kappa shape index (κ1) is 9.15. The van der Waals surface area contributed by atoms with Crippen LogP contribution < -0.4 is 0 Å². The maximum atomic E-state index is 11.3. The Labute approximate surface area is 85.6 Å². The summed E-state index contributed by atoms with van der Waals surface area (Å²) in [6.45, 7) is 1.85. The molecule has 2 rings (SSSR count). The predicted molar refractivity (Wildman–Crippen MR) is 53.7 cm³/mol. The Morgan fingerprint density at radius 2 is 1.93 bits per heavy atom. The zero-order valence-corrected chi connectivity index (χ0v) is 8.45. The summed E-state index contributed by atoms with van der Waals surface area (Å²) in [5, 5.41) is 3.88. The van der Waals surface area contributed by atoms with Gasteiger partial charge in [-0.3, -0.25) is 14.5 Å². The Hall–Kier alpha value is -1.42. The zero-order chi connectivity index (χ0) is 10.1. The van der Waals surface area contributed by atoms with E-state index in [9.17, 15) is 9.59 Å². The standard InChI is InChI=1S/C10H9NO2S/c1-7(8-4-5-14-6-8)11-9(12)2-3-10(11)13/h2-7H,1H3. The van der Waals surface area contributed by atoms with Gasteiger partial charge in [-0.25, -0.2) is 0 Å². The molecule has 1 aliphatic heterocycles. The number of hydrogen-bond donors (Lipinski definition) is 0. The van der Waals surface area contributed by atoms with Gasteiger partial charge in [0.15, 0.2) is 0 Å². The van der Waals surface area contributed by atoms with Crippen molar-refractivity contribution in [1.29, 1.82) is 0 Å². The topological polar surface area (TPSA) is 37.4 Å². The third kappa shape index (κ3) is 1.37. The lowest BCUT2D eigenvalue weighted by Gasteiger charge is -2.21.